The number of benzene rings is 2. The standard InChI is InChI=1S/C25H27N3O4S/c29-25-9-7-19-6-8-20(18-22(19)26-25)32-16-2-1-11-27(30)12-14-28(31,15-13-27)23-4-3-5-24-21(23)10-17-33-24/h3-10,17-18H,1-2,11-16H2,(H,26,29). The van der Waals surface area contributed by atoms with Gasteiger partial charge < -0.3 is 29.4 Å². The smallest absolute Gasteiger partial charge is 0.248 e. The highest BCUT2D eigenvalue weighted by Gasteiger charge is 2.34. The van der Waals surface area contributed by atoms with Crippen molar-refractivity contribution in [1.82, 2.24) is 9.63 Å². The van der Waals surface area contributed by atoms with Gasteiger partial charge in [-0.15, -0.1) is 11.3 Å². The molecule has 1 aliphatic heterocycles. The van der Waals surface area contributed by atoms with Gasteiger partial charge in [-0.1, -0.05) is 6.07 Å². The van der Waals surface area contributed by atoms with Crippen molar-refractivity contribution >= 4 is 38.0 Å². The number of nitrogens with zero attached hydrogens (tertiary/aromatic N) is 2. The van der Waals surface area contributed by atoms with Crippen molar-refractivity contribution in [2.24, 2.45) is 0 Å². The lowest BCUT2D eigenvalue weighted by Crippen LogP contribution is -2.63. The Morgan fingerprint density at radius 2 is 1.79 bits per heavy atom. The van der Waals surface area contributed by atoms with E-state index < -0.39 is 4.65 Å². The van der Waals surface area contributed by atoms with Crippen LogP contribution in [-0.2, 0) is 0 Å². The van der Waals surface area contributed by atoms with Crippen LogP contribution in [0, 0.1) is 10.4 Å². The number of pyridine rings is 1. The fourth-order valence-corrected chi connectivity index (χ4v) is 5.43. The Hall–Kier alpha value is -2.75. The average Bonchev–Trinajstić information content (AvgIpc) is 3.30. The van der Waals surface area contributed by atoms with E-state index in [1.807, 2.05) is 47.8 Å². The summed E-state index contributed by atoms with van der Waals surface area (Å²) >= 11 is 1.64. The first kappa shape index (κ1) is 22.1. The number of aromatic nitrogens is 1. The molecule has 8 heteroatoms. The molecule has 5 rings (SSSR count). The highest BCUT2D eigenvalue weighted by Crippen LogP contribution is 2.35. The minimum Gasteiger partial charge on any atom is -0.632 e. The molecule has 0 amide bonds. The number of ether oxygens (including phenoxy) is 1. The molecule has 2 aromatic carbocycles. The molecule has 0 saturated carbocycles. The van der Waals surface area contributed by atoms with Crippen molar-refractivity contribution in [3.8, 4) is 5.75 Å². The molecule has 0 aliphatic carbocycles. The van der Waals surface area contributed by atoms with E-state index in [2.05, 4.69) is 4.98 Å². The van der Waals surface area contributed by atoms with Gasteiger partial charge in [-0.25, -0.2) is 0 Å². The molecule has 1 N–H and O–H groups in total. The molecule has 3 heterocycles. The molecule has 0 unspecified atom stereocenters. The third kappa shape index (κ3) is 4.66. The Morgan fingerprint density at radius 1 is 0.970 bits per heavy atom. The maximum absolute atomic E-state index is 13.5. The molecule has 0 spiro atoms. The highest BCUT2D eigenvalue weighted by molar-refractivity contribution is 7.17. The van der Waals surface area contributed by atoms with Crippen molar-refractivity contribution in [1.29, 1.82) is 0 Å². The van der Waals surface area contributed by atoms with E-state index in [-0.39, 0.29) is 10.2 Å². The molecular formula is C25H27N3O4S. The molecule has 4 aromatic rings. The average molecular weight is 466 g/mol. The maximum atomic E-state index is 13.5. The Labute approximate surface area is 195 Å². The second-order valence-electron chi connectivity index (χ2n) is 8.80. The van der Waals surface area contributed by atoms with Gasteiger partial charge in [0.2, 0.25) is 5.56 Å². The van der Waals surface area contributed by atoms with Crippen LogP contribution in [0.1, 0.15) is 12.8 Å². The van der Waals surface area contributed by atoms with Crippen LogP contribution >= 0.6 is 11.3 Å². The number of fused-ring (bicyclic) bond motifs is 2. The van der Waals surface area contributed by atoms with Crippen LogP contribution in [0.25, 0.3) is 21.0 Å². The Morgan fingerprint density at radius 3 is 2.64 bits per heavy atom. The van der Waals surface area contributed by atoms with Gasteiger partial charge in [0.15, 0.2) is 0 Å². The van der Waals surface area contributed by atoms with Crippen LogP contribution in [0.4, 0.5) is 5.69 Å². The topological polar surface area (TPSA) is 88.2 Å². The summed E-state index contributed by atoms with van der Waals surface area (Å²) in [5, 5.41) is 30.7. The van der Waals surface area contributed by atoms with E-state index >= 15 is 0 Å². The number of hydrogen-bond donors (Lipinski definition) is 1. The van der Waals surface area contributed by atoms with Gasteiger partial charge in [0.05, 0.1) is 24.1 Å². The molecule has 0 radical (unpaired) electrons. The van der Waals surface area contributed by atoms with Crippen molar-refractivity contribution in [2.45, 2.75) is 12.8 Å². The molecule has 0 atom stereocenters. The zero-order chi connectivity index (χ0) is 22.9. The molecule has 7 nitrogen and oxygen atoms in total. The summed E-state index contributed by atoms with van der Waals surface area (Å²) < 4.78 is 6.22. The molecular weight excluding hydrogens is 438 g/mol. The van der Waals surface area contributed by atoms with Gasteiger partial charge in [-0.3, -0.25) is 4.79 Å². The van der Waals surface area contributed by atoms with Crippen LogP contribution in [-0.4, -0.2) is 49.0 Å². The summed E-state index contributed by atoms with van der Waals surface area (Å²) in [5.74, 6) is 0.699. The fraction of sp³-hybridized carbons (Fsp3) is 0.320. The number of H-pyrrole nitrogens is 1. The summed E-state index contributed by atoms with van der Waals surface area (Å²) in [6.45, 7) is 2.29. The van der Waals surface area contributed by atoms with E-state index in [9.17, 15) is 15.2 Å². The number of thiophene rings is 1. The first-order valence-electron chi connectivity index (χ1n) is 11.3. The molecule has 2 aromatic heterocycles. The number of piperazine rings is 1. The van der Waals surface area contributed by atoms with E-state index in [4.69, 9.17) is 4.74 Å². The summed E-state index contributed by atoms with van der Waals surface area (Å²) in [4.78, 5) is 14.3. The van der Waals surface area contributed by atoms with E-state index in [0.717, 1.165) is 39.5 Å². The highest BCUT2D eigenvalue weighted by atomic mass is 32.1. The second kappa shape index (κ2) is 8.89. The molecule has 172 valence electrons. The lowest BCUT2D eigenvalue weighted by atomic mass is 10.1. The zero-order valence-electron chi connectivity index (χ0n) is 18.4. The number of aromatic amines is 1. The predicted octanol–water partition coefficient (Wildman–Crippen LogP) is 4.74. The number of nitrogens with one attached hydrogen (secondary N) is 1. The quantitative estimate of drug-likeness (QED) is 0.243. The molecule has 33 heavy (non-hydrogen) atoms. The van der Waals surface area contributed by atoms with Gasteiger partial charge >= 0.3 is 0 Å². The van der Waals surface area contributed by atoms with E-state index in [0.29, 0.717) is 45.1 Å². The van der Waals surface area contributed by atoms with Gasteiger partial charge in [-0.05, 0) is 47.5 Å². The molecule has 1 saturated heterocycles. The van der Waals surface area contributed by atoms with Gasteiger partial charge in [0.25, 0.3) is 0 Å². The van der Waals surface area contributed by atoms with Gasteiger partial charge in [-0.2, -0.15) is 0 Å². The van der Waals surface area contributed by atoms with Crippen LogP contribution in [0.5, 0.6) is 5.75 Å². The first-order valence-corrected chi connectivity index (χ1v) is 12.2. The Balaban J connectivity index is 1.12. The third-order valence-corrected chi connectivity index (χ3v) is 7.46. The van der Waals surface area contributed by atoms with Crippen molar-refractivity contribution in [3.63, 3.8) is 0 Å². The fourth-order valence-electron chi connectivity index (χ4n) is 4.62. The number of unbranched alkanes of at least 4 members (excludes halogenated alkanes) is 1. The number of quaternary nitrogens is 2. The number of rotatable bonds is 7. The Kier molecular flexibility index (Phi) is 5.94. The van der Waals surface area contributed by atoms with E-state index in [1.54, 1.807) is 17.4 Å². The summed E-state index contributed by atoms with van der Waals surface area (Å²) in [6.07, 6.45) is 1.50. The minimum absolute atomic E-state index is 0.140. The minimum atomic E-state index is -0.413. The molecule has 1 aliphatic rings. The SMILES string of the molecule is O=c1ccc2ccc(OCCCC[N+]3([O-])CC[N+]([O-])(c4cccc5sccc45)CC3)cc2[nH]1. The lowest BCUT2D eigenvalue weighted by molar-refractivity contribution is -0.884. The van der Waals surface area contributed by atoms with Gasteiger partial charge in [0, 0.05) is 29.3 Å². The van der Waals surface area contributed by atoms with Crippen LogP contribution in [0.3, 0.4) is 0 Å². The number of hydroxylamine groups is 5. The second-order valence-corrected chi connectivity index (χ2v) is 9.75. The first-order chi connectivity index (χ1) is 15.9. The van der Waals surface area contributed by atoms with Crippen molar-refractivity contribution in [2.75, 3.05) is 39.3 Å². The maximum Gasteiger partial charge on any atom is 0.248 e. The monoisotopic (exact) mass is 465 g/mol. The summed E-state index contributed by atoms with van der Waals surface area (Å²) in [5.41, 5.74) is 1.39. The van der Waals surface area contributed by atoms with Crippen LogP contribution < -0.4 is 14.9 Å². The van der Waals surface area contributed by atoms with Crippen LogP contribution in [0.15, 0.2) is 64.8 Å². The third-order valence-electron chi connectivity index (χ3n) is 6.57. The predicted molar refractivity (Wildman–Crippen MR) is 134 cm³/mol. The summed E-state index contributed by atoms with van der Waals surface area (Å²) in [7, 11) is 0. The zero-order valence-corrected chi connectivity index (χ0v) is 19.2. The van der Waals surface area contributed by atoms with Crippen molar-refractivity contribution in [3.05, 3.63) is 80.7 Å². The van der Waals surface area contributed by atoms with Crippen LogP contribution in [0.2, 0.25) is 0 Å². The largest absolute Gasteiger partial charge is 0.632 e. The summed E-state index contributed by atoms with van der Waals surface area (Å²) in [6, 6.07) is 16.8. The van der Waals surface area contributed by atoms with E-state index in [1.165, 1.54) is 6.07 Å². The molecule has 1 fully saturated rings. The van der Waals surface area contributed by atoms with Gasteiger partial charge in [0.1, 0.15) is 37.6 Å². The lowest BCUT2D eigenvalue weighted by Gasteiger charge is -2.54. The Bertz CT molecular complexity index is 1320. The normalized spacial score (nSPS) is 23.2. The molecule has 0 bridgehead atoms. The number of hydrogen-bond acceptors (Lipinski definition) is 5. The van der Waals surface area contributed by atoms with Crippen molar-refractivity contribution < 1.29 is 9.38 Å².